The quantitative estimate of drug-likeness (QED) is 0.707. The van der Waals surface area contributed by atoms with E-state index in [1.165, 1.54) is 0 Å². The Kier molecular flexibility index (Phi) is 7.03. The molecule has 0 aromatic heterocycles. The van der Waals surface area contributed by atoms with Gasteiger partial charge < -0.3 is 15.7 Å². The number of amides is 2. The van der Waals surface area contributed by atoms with E-state index in [2.05, 4.69) is 10.6 Å². The summed E-state index contributed by atoms with van der Waals surface area (Å²) in [4.78, 5) is 34.8. The average molecular weight is 341 g/mol. The molecule has 0 aliphatic carbocycles. The number of benzene rings is 1. The van der Waals surface area contributed by atoms with Gasteiger partial charge in [0.25, 0.3) is 5.91 Å². The topological polar surface area (TPSA) is 95.5 Å². The third-order valence-electron chi connectivity index (χ3n) is 3.17. The second kappa shape index (κ2) is 8.53. The van der Waals surface area contributed by atoms with Gasteiger partial charge >= 0.3 is 5.97 Å². The predicted octanol–water partition coefficient (Wildman–Crippen LogP) is 1.99. The Morgan fingerprint density at radius 1 is 1.26 bits per heavy atom. The van der Waals surface area contributed by atoms with Crippen LogP contribution in [0.25, 0.3) is 0 Å². The van der Waals surface area contributed by atoms with Gasteiger partial charge in [0.15, 0.2) is 0 Å². The molecule has 0 saturated carbocycles. The van der Waals surface area contributed by atoms with E-state index in [0.717, 1.165) is 5.56 Å². The number of rotatable bonds is 7. The molecule has 0 aliphatic heterocycles. The predicted molar refractivity (Wildman–Crippen MR) is 87.5 cm³/mol. The van der Waals surface area contributed by atoms with Gasteiger partial charge in [-0.05, 0) is 43.0 Å². The SMILES string of the molecule is Cc1cc(C(=O)NCC(=O)N[C@@H](CC(C)C)C(=O)O)ccc1Cl. The summed E-state index contributed by atoms with van der Waals surface area (Å²) in [6.45, 7) is 5.22. The van der Waals surface area contributed by atoms with E-state index in [0.29, 0.717) is 17.0 Å². The molecule has 126 valence electrons. The summed E-state index contributed by atoms with van der Waals surface area (Å²) in [5.41, 5.74) is 1.14. The number of carbonyl (C=O) groups is 3. The Morgan fingerprint density at radius 2 is 1.91 bits per heavy atom. The monoisotopic (exact) mass is 340 g/mol. The van der Waals surface area contributed by atoms with Crippen LogP contribution in [0.4, 0.5) is 0 Å². The van der Waals surface area contributed by atoms with Crippen LogP contribution in [0.3, 0.4) is 0 Å². The van der Waals surface area contributed by atoms with E-state index in [9.17, 15) is 14.4 Å². The average Bonchev–Trinajstić information content (AvgIpc) is 2.46. The van der Waals surface area contributed by atoms with Gasteiger partial charge in [-0.3, -0.25) is 9.59 Å². The summed E-state index contributed by atoms with van der Waals surface area (Å²) >= 11 is 5.89. The molecule has 0 spiro atoms. The molecule has 3 N–H and O–H groups in total. The Bertz CT molecular complexity index is 602. The van der Waals surface area contributed by atoms with Crippen LogP contribution in [-0.4, -0.2) is 35.5 Å². The van der Waals surface area contributed by atoms with Gasteiger partial charge in [-0.2, -0.15) is 0 Å². The minimum Gasteiger partial charge on any atom is -0.480 e. The van der Waals surface area contributed by atoms with Crippen LogP contribution < -0.4 is 10.6 Å². The molecular weight excluding hydrogens is 320 g/mol. The van der Waals surface area contributed by atoms with Crippen molar-refractivity contribution in [2.24, 2.45) is 5.92 Å². The highest BCUT2D eigenvalue weighted by Gasteiger charge is 2.21. The molecule has 6 nitrogen and oxygen atoms in total. The number of carboxylic acids is 1. The number of hydrogen-bond acceptors (Lipinski definition) is 3. The molecule has 0 fully saturated rings. The van der Waals surface area contributed by atoms with Gasteiger partial charge in [-0.25, -0.2) is 4.79 Å². The second-order valence-corrected chi connectivity index (χ2v) is 6.14. The van der Waals surface area contributed by atoms with Crippen LogP contribution in [0.15, 0.2) is 18.2 Å². The molecule has 2 amide bonds. The number of aliphatic carboxylic acids is 1. The third-order valence-corrected chi connectivity index (χ3v) is 3.59. The van der Waals surface area contributed by atoms with Crippen molar-refractivity contribution >= 4 is 29.4 Å². The third kappa shape index (κ3) is 6.28. The fourth-order valence-electron chi connectivity index (χ4n) is 1.99. The minimum absolute atomic E-state index is 0.128. The maximum Gasteiger partial charge on any atom is 0.326 e. The molecule has 0 saturated heterocycles. The summed E-state index contributed by atoms with van der Waals surface area (Å²) in [7, 11) is 0. The van der Waals surface area contributed by atoms with Crippen molar-refractivity contribution in [1.82, 2.24) is 10.6 Å². The van der Waals surface area contributed by atoms with Gasteiger partial charge in [-0.1, -0.05) is 25.4 Å². The fourth-order valence-corrected chi connectivity index (χ4v) is 2.10. The summed E-state index contributed by atoms with van der Waals surface area (Å²) in [5, 5.41) is 14.5. The summed E-state index contributed by atoms with van der Waals surface area (Å²) in [6.07, 6.45) is 0.325. The highest BCUT2D eigenvalue weighted by molar-refractivity contribution is 6.31. The van der Waals surface area contributed by atoms with Crippen molar-refractivity contribution < 1.29 is 19.5 Å². The Hall–Kier alpha value is -2.08. The smallest absolute Gasteiger partial charge is 0.326 e. The first-order valence-corrected chi connectivity index (χ1v) is 7.65. The lowest BCUT2D eigenvalue weighted by Crippen LogP contribution is -2.46. The van der Waals surface area contributed by atoms with Gasteiger partial charge in [0.2, 0.25) is 5.91 Å². The van der Waals surface area contributed by atoms with Crippen LogP contribution in [-0.2, 0) is 9.59 Å². The van der Waals surface area contributed by atoms with E-state index < -0.39 is 23.8 Å². The van der Waals surface area contributed by atoms with Crippen LogP contribution in [0.5, 0.6) is 0 Å². The van der Waals surface area contributed by atoms with E-state index in [1.54, 1.807) is 25.1 Å². The maximum atomic E-state index is 12.0. The van der Waals surface area contributed by atoms with Crippen molar-refractivity contribution in [2.75, 3.05) is 6.54 Å². The molecule has 1 aromatic rings. The van der Waals surface area contributed by atoms with Crippen LogP contribution in [0.1, 0.15) is 36.2 Å². The van der Waals surface area contributed by atoms with Crippen molar-refractivity contribution in [3.05, 3.63) is 34.3 Å². The first-order valence-electron chi connectivity index (χ1n) is 7.27. The van der Waals surface area contributed by atoms with Crippen LogP contribution in [0, 0.1) is 12.8 Å². The summed E-state index contributed by atoms with van der Waals surface area (Å²) in [5.74, 6) is -1.93. The molecule has 1 rings (SSSR count). The standard InChI is InChI=1S/C16H21ClN2O4/c1-9(2)6-13(16(22)23)19-14(20)8-18-15(21)11-4-5-12(17)10(3)7-11/h4-5,7,9,13H,6,8H2,1-3H3,(H,18,21)(H,19,20)(H,22,23)/t13-/m0/s1. The number of carboxylic acid groups (broad SMARTS) is 1. The van der Waals surface area contributed by atoms with E-state index in [1.807, 2.05) is 13.8 Å². The zero-order valence-electron chi connectivity index (χ0n) is 13.4. The highest BCUT2D eigenvalue weighted by atomic mass is 35.5. The fraction of sp³-hybridized carbons (Fsp3) is 0.438. The number of halogens is 1. The van der Waals surface area contributed by atoms with Crippen LogP contribution in [0.2, 0.25) is 5.02 Å². The number of nitrogens with one attached hydrogen (secondary N) is 2. The van der Waals surface area contributed by atoms with Gasteiger partial charge in [-0.15, -0.1) is 0 Å². The summed E-state index contributed by atoms with van der Waals surface area (Å²) in [6, 6.07) is 3.82. The van der Waals surface area contributed by atoms with E-state index in [-0.39, 0.29) is 12.5 Å². The molecule has 0 bridgehead atoms. The number of carbonyl (C=O) groups excluding carboxylic acids is 2. The normalized spacial score (nSPS) is 11.9. The first kappa shape index (κ1) is 19.0. The molecule has 0 unspecified atom stereocenters. The zero-order valence-corrected chi connectivity index (χ0v) is 14.1. The van der Waals surface area contributed by atoms with Crippen molar-refractivity contribution in [3.63, 3.8) is 0 Å². The lowest BCUT2D eigenvalue weighted by atomic mass is 10.0. The van der Waals surface area contributed by atoms with Gasteiger partial charge in [0, 0.05) is 10.6 Å². The number of hydrogen-bond donors (Lipinski definition) is 3. The van der Waals surface area contributed by atoms with Crippen molar-refractivity contribution in [2.45, 2.75) is 33.2 Å². The number of aryl methyl sites for hydroxylation is 1. The minimum atomic E-state index is -1.09. The maximum absolute atomic E-state index is 12.0. The Balaban J connectivity index is 2.56. The van der Waals surface area contributed by atoms with Crippen LogP contribution >= 0.6 is 11.6 Å². The molecule has 7 heteroatoms. The molecule has 1 atom stereocenters. The lowest BCUT2D eigenvalue weighted by Gasteiger charge is -2.16. The highest BCUT2D eigenvalue weighted by Crippen LogP contribution is 2.16. The zero-order chi connectivity index (χ0) is 17.6. The van der Waals surface area contributed by atoms with Gasteiger partial charge in [0.1, 0.15) is 6.04 Å². The molecule has 0 aliphatic rings. The lowest BCUT2D eigenvalue weighted by molar-refractivity contribution is -0.142. The molecule has 0 radical (unpaired) electrons. The van der Waals surface area contributed by atoms with Crippen molar-refractivity contribution in [3.8, 4) is 0 Å². The van der Waals surface area contributed by atoms with Crippen molar-refractivity contribution in [1.29, 1.82) is 0 Å². The largest absolute Gasteiger partial charge is 0.480 e. The second-order valence-electron chi connectivity index (χ2n) is 5.73. The van der Waals surface area contributed by atoms with E-state index >= 15 is 0 Å². The molecule has 0 heterocycles. The molecule has 1 aromatic carbocycles. The first-order chi connectivity index (χ1) is 10.7. The summed E-state index contributed by atoms with van der Waals surface area (Å²) < 4.78 is 0. The van der Waals surface area contributed by atoms with E-state index in [4.69, 9.17) is 16.7 Å². The molecule has 23 heavy (non-hydrogen) atoms. The van der Waals surface area contributed by atoms with Gasteiger partial charge in [0.05, 0.1) is 6.54 Å². The molecular formula is C16H21ClN2O4. The Labute approximate surface area is 140 Å². The Morgan fingerprint density at radius 3 is 2.43 bits per heavy atom.